The molecule has 2 aromatic rings. The normalized spacial score (nSPS) is 10.2. The van der Waals surface area contributed by atoms with Crippen LogP contribution in [0.25, 0.3) is 0 Å². The average Bonchev–Trinajstić information content (AvgIpc) is 2.69. The third-order valence-corrected chi connectivity index (χ3v) is 2.51. The number of hydrogen-bond acceptors (Lipinski definition) is 5. The van der Waals surface area contributed by atoms with Crippen LogP contribution in [0.3, 0.4) is 0 Å². The monoisotopic (exact) mass is 247 g/mol. The van der Waals surface area contributed by atoms with E-state index in [2.05, 4.69) is 5.16 Å². The lowest BCUT2D eigenvalue weighted by Gasteiger charge is -2.08. The number of esters is 1. The fourth-order valence-corrected chi connectivity index (χ4v) is 1.63. The molecule has 0 spiro atoms. The minimum Gasteiger partial charge on any atom is -0.493 e. The number of aryl methyl sites for hydroxylation is 2. The molecule has 1 aromatic heterocycles. The molecular weight excluding hydrogens is 234 g/mol. The number of benzene rings is 1. The molecule has 5 heteroatoms. The molecule has 2 rings (SSSR count). The molecule has 0 N–H and O–H groups in total. The number of nitrogens with zero attached hydrogens (tertiary/aromatic N) is 1. The zero-order chi connectivity index (χ0) is 13.1. The zero-order valence-corrected chi connectivity index (χ0v) is 10.4. The number of carbonyl (C=O) groups is 1. The molecule has 18 heavy (non-hydrogen) atoms. The number of methoxy groups -OCH3 is 1. The van der Waals surface area contributed by atoms with Gasteiger partial charge in [0.2, 0.25) is 0 Å². The maximum Gasteiger partial charge on any atom is 0.349 e. The average molecular weight is 247 g/mol. The van der Waals surface area contributed by atoms with E-state index >= 15 is 0 Å². The summed E-state index contributed by atoms with van der Waals surface area (Å²) in [4.78, 5) is 12.0. The summed E-state index contributed by atoms with van der Waals surface area (Å²) in [5.41, 5.74) is 0.855. The minimum absolute atomic E-state index is 0.348. The van der Waals surface area contributed by atoms with E-state index in [1.807, 2.05) is 0 Å². The molecule has 0 atom stereocenters. The van der Waals surface area contributed by atoms with Gasteiger partial charge in [-0.25, -0.2) is 4.79 Å². The highest BCUT2D eigenvalue weighted by atomic mass is 16.6. The van der Waals surface area contributed by atoms with Gasteiger partial charge in [-0.05, 0) is 26.0 Å². The van der Waals surface area contributed by atoms with Gasteiger partial charge in [0, 0.05) is 0 Å². The summed E-state index contributed by atoms with van der Waals surface area (Å²) >= 11 is 0. The topological polar surface area (TPSA) is 61.6 Å². The first kappa shape index (κ1) is 12.2. The van der Waals surface area contributed by atoms with Crippen LogP contribution in [0.15, 0.2) is 28.8 Å². The van der Waals surface area contributed by atoms with Crippen LogP contribution in [-0.4, -0.2) is 18.2 Å². The molecule has 0 aliphatic rings. The quantitative estimate of drug-likeness (QED) is 0.616. The van der Waals surface area contributed by atoms with Crippen molar-refractivity contribution in [1.82, 2.24) is 5.16 Å². The molecule has 1 aromatic carbocycles. The summed E-state index contributed by atoms with van der Waals surface area (Å²) in [5, 5.41) is 3.71. The number of rotatable bonds is 3. The van der Waals surface area contributed by atoms with Gasteiger partial charge in [-0.2, -0.15) is 0 Å². The second-order valence-corrected chi connectivity index (χ2v) is 3.74. The van der Waals surface area contributed by atoms with E-state index in [0.29, 0.717) is 28.5 Å². The standard InChI is InChI=1S/C13H13NO4/c1-8-12(9(2)18-14-8)13(15)17-11-7-5-4-6-10(11)16-3/h4-7H,1-3H3. The van der Waals surface area contributed by atoms with Crippen molar-refractivity contribution in [2.24, 2.45) is 0 Å². The third kappa shape index (κ3) is 2.20. The van der Waals surface area contributed by atoms with E-state index in [4.69, 9.17) is 14.0 Å². The Morgan fingerprint density at radius 2 is 1.89 bits per heavy atom. The molecule has 0 unspecified atom stereocenters. The molecule has 1 heterocycles. The second kappa shape index (κ2) is 4.91. The Morgan fingerprint density at radius 1 is 1.22 bits per heavy atom. The van der Waals surface area contributed by atoms with E-state index in [-0.39, 0.29) is 0 Å². The number of hydrogen-bond donors (Lipinski definition) is 0. The third-order valence-electron chi connectivity index (χ3n) is 2.51. The van der Waals surface area contributed by atoms with E-state index < -0.39 is 5.97 Å². The molecule has 0 bridgehead atoms. The van der Waals surface area contributed by atoms with Crippen LogP contribution in [0.2, 0.25) is 0 Å². The van der Waals surface area contributed by atoms with E-state index in [1.54, 1.807) is 38.1 Å². The second-order valence-electron chi connectivity index (χ2n) is 3.74. The zero-order valence-electron chi connectivity index (χ0n) is 10.4. The molecule has 94 valence electrons. The summed E-state index contributed by atoms with van der Waals surface area (Å²) in [6, 6.07) is 6.94. The van der Waals surface area contributed by atoms with Gasteiger partial charge in [0.15, 0.2) is 11.5 Å². The first-order chi connectivity index (χ1) is 8.63. The van der Waals surface area contributed by atoms with Crippen LogP contribution < -0.4 is 9.47 Å². The molecule has 0 radical (unpaired) electrons. The highest BCUT2D eigenvalue weighted by Crippen LogP contribution is 2.27. The van der Waals surface area contributed by atoms with Gasteiger partial charge in [-0.1, -0.05) is 17.3 Å². The Balaban J connectivity index is 2.27. The van der Waals surface area contributed by atoms with Gasteiger partial charge >= 0.3 is 5.97 Å². The highest BCUT2D eigenvalue weighted by molar-refractivity contribution is 5.93. The first-order valence-electron chi connectivity index (χ1n) is 5.41. The van der Waals surface area contributed by atoms with Gasteiger partial charge in [-0.3, -0.25) is 0 Å². The van der Waals surface area contributed by atoms with Crippen molar-refractivity contribution in [3.8, 4) is 11.5 Å². The summed E-state index contributed by atoms with van der Waals surface area (Å²) < 4.78 is 15.3. The van der Waals surface area contributed by atoms with Gasteiger partial charge in [-0.15, -0.1) is 0 Å². The lowest BCUT2D eigenvalue weighted by atomic mass is 10.2. The van der Waals surface area contributed by atoms with Crippen molar-refractivity contribution in [2.45, 2.75) is 13.8 Å². The lowest BCUT2D eigenvalue weighted by Crippen LogP contribution is -2.11. The molecule has 0 saturated carbocycles. The van der Waals surface area contributed by atoms with Crippen LogP contribution in [0.4, 0.5) is 0 Å². The molecule has 0 fully saturated rings. The van der Waals surface area contributed by atoms with Crippen LogP contribution in [0.5, 0.6) is 11.5 Å². The summed E-state index contributed by atoms with van der Waals surface area (Å²) in [5.74, 6) is 0.797. The summed E-state index contributed by atoms with van der Waals surface area (Å²) in [7, 11) is 1.52. The minimum atomic E-state index is -0.504. The van der Waals surface area contributed by atoms with E-state index in [1.165, 1.54) is 7.11 Å². The Morgan fingerprint density at radius 3 is 2.44 bits per heavy atom. The van der Waals surface area contributed by atoms with Gasteiger partial charge in [0.25, 0.3) is 0 Å². The van der Waals surface area contributed by atoms with Gasteiger partial charge in [0.1, 0.15) is 11.3 Å². The van der Waals surface area contributed by atoms with Crippen molar-refractivity contribution in [2.75, 3.05) is 7.11 Å². The fourth-order valence-electron chi connectivity index (χ4n) is 1.63. The van der Waals surface area contributed by atoms with Crippen molar-refractivity contribution >= 4 is 5.97 Å². The van der Waals surface area contributed by atoms with Crippen molar-refractivity contribution in [3.63, 3.8) is 0 Å². The summed E-state index contributed by atoms with van der Waals surface area (Å²) in [6.45, 7) is 3.36. The molecular formula is C13H13NO4. The Bertz CT molecular complexity index is 555. The summed E-state index contributed by atoms with van der Waals surface area (Å²) in [6.07, 6.45) is 0. The highest BCUT2D eigenvalue weighted by Gasteiger charge is 2.20. The smallest absolute Gasteiger partial charge is 0.349 e. The van der Waals surface area contributed by atoms with E-state index in [9.17, 15) is 4.79 Å². The van der Waals surface area contributed by atoms with Crippen LogP contribution in [0.1, 0.15) is 21.8 Å². The molecule has 0 aliphatic carbocycles. The first-order valence-corrected chi connectivity index (χ1v) is 5.41. The SMILES string of the molecule is COc1ccccc1OC(=O)c1c(C)noc1C. The predicted molar refractivity (Wildman–Crippen MR) is 63.9 cm³/mol. The van der Waals surface area contributed by atoms with Crippen LogP contribution in [-0.2, 0) is 0 Å². The molecule has 0 aliphatic heterocycles. The van der Waals surface area contributed by atoms with Crippen LogP contribution >= 0.6 is 0 Å². The van der Waals surface area contributed by atoms with Gasteiger partial charge in [0.05, 0.1) is 12.8 Å². The van der Waals surface area contributed by atoms with Gasteiger partial charge < -0.3 is 14.0 Å². The molecule has 0 amide bonds. The molecule has 0 saturated heterocycles. The Hall–Kier alpha value is -2.30. The molecule has 5 nitrogen and oxygen atoms in total. The van der Waals surface area contributed by atoms with Crippen molar-refractivity contribution in [3.05, 3.63) is 41.3 Å². The number of aromatic nitrogens is 1. The lowest BCUT2D eigenvalue weighted by molar-refractivity contribution is 0.0727. The Labute approximate surface area is 104 Å². The maximum atomic E-state index is 12.0. The van der Waals surface area contributed by atoms with Crippen LogP contribution in [0, 0.1) is 13.8 Å². The largest absolute Gasteiger partial charge is 0.493 e. The van der Waals surface area contributed by atoms with Crippen molar-refractivity contribution < 1.29 is 18.8 Å². The van der Waals surface area contributed by atoms with E-state index in [0.717, 1.165) is 0 Å². The Kier molecular flexibility index (Phi) is 3.32. The maximum absolute atomic E-state index is 12.0. The van der Waals surface area contributed by atoms with Crippen molar-refractivity contribution in [1.29, 1.82) is 0 Å². The number of ether oxygens (including phenoxy) is 2. The number of carbonyl (C=O) groups excluding carboxylic acids is 1. The predicted octanol–water partition coefficient (Wildman–Crippen LogP) is 2.52. The number of para-hydroxylation sites is 2. The fraction of sp³-hybridized carbons (Fsp3) is 0.231.